The summed E-state index contributed by atoms with van der Waals surface area (Å²) in [6, 6.07) is 11.3. The maximum atomic E-state index is 13.3. The summed E-state index contributed by atoms with van der Waals surface area (Å²) in [4.78, 5) is 0. The molecule has 1 atom stereocenters. The summed E-state index contributed by atoms with van der Waals surface area (Å²) >= 11 is 3.22. The van der Waals surface area contributed by atoms with Crippen molar-refractivity contribution in [3.8, 4) is 0 Å². The molecule has 0 aromatic heterocycles. The van der Waals surface area contributed by atoms with Gasteiger partial charge in [-0.25, -0.2) is 4.39 Å². The molecule has 0 spiro atoms. The van der Waals surface area contributed by atoms with E-state index in [1.165, 1.54) is 17.2 Å². The molecule has 20 heavy (non-hydrogen) atoms. The maximum Gasteiger partial charge on any atom is 0.137 e. The number of aryl methyl sites for hydroxylation is 2. The smallest absolute Gasteiger partial charge is 0.137 e. The molecule has 2 rings (SSSR count). The normalized spacial score (nSPS) is 14.1. The lowest BCUT2D eigenvalue weighted by atomic mass is 9.85. The Balaban J connectivity index is 2.29. The molecule has 0 heterocycles. The van der Waals surface area contributed by atoms with Crippen molar-refractivity contribution in [2.75, 3.05) is 0 Å². The lowest BCUT2D eigenvalue weighted by Gasteiger charge is -2.26. The number of hydrogen-bond acceptors (Lipinski definition) is 1. The van der Waals surface area contributed by atoms with Crippen LogP contribution in [0.1, 0.15) is 29.2 Å². The second-order valence-corrected chi connectivity index (χ2v) is 6.50. The molecule has 0 amide bonds. The van der Waals surface area contributed by atoms with Crippen molar-refractivity contribution in [1.29, 1.82) is 0 Å². The fraction of sp³-hybridized carbons (Fsp3) is 0.294. The van der Waals surface area contributed by atoms with Crippen molar-refractivity contribution in [1.82, 2.24) is 0 Å². The third-order valence-electron chi connectivity index (χ3n) is 3.72. The van der Waals surface area contributed by atoms with Gasteiger partial charge in [0, 0.05) is 5.54 Å². The molecule has 2 aromatic rings. The Bertz CT molecular complexity index is 635. The largest absolute Gasteiger partial charge is 0.321 e. The van der Waals surface area contributed by atoms with Crippen LogP contribution in [-0.2, 0) is 12.0 Å². The zero-order valence-electron chi connectivity index (χ0n) is 12.0. The van der Waals surface area contributed by atoms with Gasteiger partial charge in [0.15, 0.2) is 0 Å². The minimum Gasteiger partial charge on any atom is -0.321 e. The van der Waals surface area contributed by atoms with Gasteiger partial charge in [-0.2, -0.15) is 0 Å². The van der Waals surface area contributed by atoms with Gasteiger partial charge in [0.2, 0.25) is 0 Å². The molecule has 1 nitrogen and oxygen atoms in total. The third-order valence-corrected chi connectivity index (χ3v) is 4.33. The number of hydrogen-bond donors (Lipinski definition) is 1. The minimum atomic E-state index is -0.476. The molecule has 3 heteroatoms. The van der Waals surface area contributed by atoms with E-state index in [1.807, 2.05) is 6.92 Å². The molecule has 0 saturated heterocycles. The van der Waals surface area contributed by atoms with Crippen molar-refractivity contribution in [2.24, 2.45) is 5.73 Å². The Kier molecular flexibility index (Phi) is 4.31. The van der Waals surface area contributed by atoms with Crippen LogP contribution in [0, 0.1) is 19.7 Å². The van der Waals surface area contributed by atoms with E-state index < -0.39 is 5.54 Å². The minimum absolute atomic E-state index is 0.251. The first-order valence-electron chi connectivity index (χ1n) is 6.60. The monoisotopic (exact) mass is 335 g/mol. The Morgan fingerprint density at radius 1 is 1.10 bits per heavy atom. The van der Waals surface area contributed by atoms with E-state index in [9.17, 15) is 4.39 Å². The molecular weight excluding hydrogens is 317 g/mol. The molecular formula is C17H19BrFN. The van der Waals surface area contributed by atoms with Crippen LogP contribution in [0.25, 0.3) is 0 Å². The molecule has 0 bridgehead atoms. The van der Waals surface area contributed by atoms with E-state index in [0.29, 0.717) is 10.9 Å². The predicted octanol–water partition coefficient (Wildman–Crippen LogP) is 4.62. The zero-order valence-corrected chi connectivity index (χ0v) is 13.6. The lowest BCUT2D eigenvalue weighted by molar-refractivity contribution is 0.490. The van der Waals surface area contributed by atoms with Gasteiger partial charge in [0.05, 0.1) is 4.47 Å². The van der Waals surface area contributed by atoms with Gasteiger partial charge in [-0.05, 0) is 77.5 Å². The maximum absolute atomic E-state index is 13.3. The average molecular weight is 336 g/mol. The summed E-state index contributed by atoms with van der Waals surface area (Å²) < 4.78 is 13.8. The van der Waals surface area contributed by atoms with E-state index in [-0.39, 0.29) is 5.82 Å². The van der Waals surface area contributed by atoms with Gasteiger partial charge in [-0.15, -0.1) is 0 Å². The van der Waals surface area contributed by atoms with E-state index in [1.54, 1.807) is 12.1 Å². The van der Waals surface area contributed by atoms with E-state index in [2.05, 4.69) is 48.0 Å². The van der Waals surface area contributed by atoms with Crippen molar-refractivity contribution < 1.29 is 4.39 Å². The van der Waals surface area contributed by atoms with Gasteiger partial charge in [0.25, 0.3) is 0 Å². The third kappa shape index (κ3) is 3.28. The van der Waals surface area contributed by atoms with Crippen LogP contribution >= 0.6 is 15.9 Å². The summed E-state index contributed by atoms with van der Waals surface area (Å²) in [5.74, 6) is -0.251. The molecule has 106 valence electrons. The Morgan fingerprint density at radius 2 is 1.80 bits per heavy atom. The quantitative estimate of drug-likeness (QED) is 0.869. The molecule has 0 saturated carbocycles. The number of benzene rings is 2. The summed E-state index contributed by atoms with van der Waals surface area (Å²) in [5.41, 5.74) is 10.6. The standard InChI is InChI=1S/C17H19BrFN/c1-11-4-6-14(8-12(11)2)17(3,20)10-13-5-7-16(19)15(18)9-13/h4-9H,10,20H2,1-3H3. The molecule has 0 radical (unpaired) electrons. The van der Waals surface area contributed by atoms with E-state index in [4.69, 9.17) is 5.73 Å². The van der Waals surface area contributed by atoms with Crippen molar-refractivity contribution >= 4 is 15.9 Å². The second kappa shape index (κ2) is 5.66. The SMILES string of the molecule is Cc1ccc(C(C)(N)Cc2ccc(F)c(Br)c2)cc1C. The van der Waals surface area contributed by atoms with Crippen LogP contribution in [0.15, 0.2) is 40.9 Å². The summed E-state index contributed by atoms with van der Waals surface area (Å²) in [6.45, 7) is 6.18. The zero-order chi connectivity index (χ0) is 14.9. The van der Waals surface area contributed by atoms with Crippen LogP contribution < -0.4 is 5.73 Å². The van der Waals surface area contributed by atoms with Gasteiger partial charge in [-0.1, -0.05) is 24.3 Å². The molecule has 2 aromatic carbocycles. The van der Waals surface area contributed by atoms with E-state index in [0.717, 1.165) is 11.1 Å². The fourth-order valence-electron chi connectivity index (χ4n) is 2.27. The summed E-state index contributed by atoms with van der Waals surface area (Å²) in [6.07, 6.45) is 0.661. The average Bonchev–Trinajstić information content (AvgIpc) is 2.37. The van der Waals surface area contributed by atoms with E-state index >= 15 is 0 Å². The molecule has 1 unspecified atom stereocenters. The second-order valence-electron chi connectivity index (χ2n) is 5.64. The van der Waals surface area contributed by atoms with Gasteiger partial charge in [-0.3, -0.25) is 0 Å². The fourth-order valence-corrected chi connectivity index (χ4v) is 2.70. The van der Waals surface area contributed by atoms with Crippen LogP contribution in [0.5, 0.6) is 0 Å². The first-order chi connectivity index (χ1) is 9.29. The highest BCUT2D eigenvalue weighted by molar-refractivity contribution is 9.10. The van der Waals surface area contributed by atoms with Gasteiger partial charge in [0.1, 0.15) is 5.82 Å². The highest BCUT2D eigenvalue weighted by atomic mass is 79.9. The van der Waals surface area contributed by atoms with Crippen molar-refractivity contribution in [3.63, 3.8) is 0 Å². The molecule has 2 N–H and O–H groups in total. The Hall–Kier alpha value is -1.19. The van der Waals surface area contributed by atoms with Crippen molar-refractivity contribution in [3.05, 3.63) is 68.9 Å². The summed E-state index contributed by atoms with van der Waals surface area (Å²) in [7, 11) is 0. The molecule has 0 aliphatic carbocycles. The van der Waals surface area contributed by atoms with Crippen LogP contribution in [0.3, 0.4) is 0 Å². The lowest BCUT2D eigenvalue weighted by Crippen LogP contribution is -2.35. The number of rotatable bonds is 3. The van der Waals surface area contributed by atoms with Crippen LogP contribution in [0.2, 0.25) is 0 Å². The predicted molar refractivity (Wildman–Crippen MR) is 85.3 cm³/mol. The molecule has 0 aliphatic heterocycles. The summed E-state index contributed by atoms with van der Waals surface area (Å²) in [5, 5.41) is 0. The highest BCUT2D eigenvalue weighted by Crippen LogP contribution is 2.26. The topological polar surface area (TPSA) is 26.0 Å². The molecule has 0 aliphatic rings. The van der Waals surface area contributed by atoms with Crippen molar-refractivity contribution in [2.45, 2.75) is 32.7 Å². The van der Waals surface area contributed by atoms with Crippen LogP contribution in [0.4, 0.5) is 4.39 Å². The van der Waals surface area contributed by atoms with Crippen LogP contribution in [-0.4, -0.2) is 0 Å². The number of halogens is 2. The Morgan fingerprint density at radius 3 is 2.40 bits per heavy atom. The van der Waals surface area contributed by atoms with Gasteiger partial charge < -0.3 is 5.73 Å². The first-order valence-corrected chi connectivity index (χ1v) is 7.39. The number of nitrogens with two attached hydrogens (primary N) is 1. The highest BCUT2D eigenvalue weighted by Gasteiger charge is 2.22. The van der Waals surface area contributed by atoms with Gasteiger partial charge >= 0.3 is 0 Å². The first kappa shape index (κ1) is 15.2. The molecule has 0 fully saturated rings. The Labute approximate surface area is 128 Å².